The first kappa shape index (κ1) is 23.3. The fraction of sp³-hybridized carbons (Fsp3) is 0.333. The predicted octanol–water partition coefficient (Wildman–Crippen LogP) is 2.06. The number of nitrogens with zero attached hydrogens (tertiary/aromatic N) is 2. The summed E-state index contributed by atoms with van der Waals surface area (Å²) in [6, 6.07) is 11.6. The molecular formula is C21H26FN3O4S. The largest absolute Gasteiger partial charge is 0.357 e. The molecule has 0 aromatic heterocycles. The fourth-order valence-electron chi connectivity index (χ4n) is 2.93. The maximum absolute atomic E-state index is 13.6. The molecule has 162 valence electrons. The van der Waals surface area contributed by atoms with Crippen molar-refractivity contribution in [1.82, 2.24) is 10.2 Å². The molecule has 2 aromatic rings. The molecule has 1 atom stereocenters. The highest BCUT2D eigenvalue weighted by Gasteiger charge is 2.29. The van der Waals surface area contributed by atoms with Crippen molar-refractivity contribution in [3.8, 4) is 0 Å². The third-order valence-electron chi connectivity index (χ3n) is 4.66. The molecule has 0 aliphatic rings. The molecule has 0 aliphatic heterocycles. The number of hydrogen-bond acceptors (Lipinski definition) is 4. The lowest BCUT2D eigenvalue weighted by atomic mass is 10.1. The van der Waals surface area contributed by atoms with Crippen LogP contribution >= 0.6 is 0 Å². The normalized spacial score (nSPS) is 12.2. The number of nitrogens with one attached hydrogen (secondary N) is 1. The zero-order valence-corrected chi connectivity index (χ0v) is 18.2. The van der Waals surface area contributed by atoms with Crippen LogP contribution < -0.4 is 9.62 Å². The number of aryl methyl sites for hydroxylation is 1. The van der Waals surface area contributed by atoms with Gasteiger partial charge in [0.2, 0.25) is 21.8 Å². The van der Waals surface area contributed by atoms with Crippen molar-refractivity contribution in [3.05, 3.63) is 65.5 Å². The zero-order valence-electron chi connectivity index (χ0n) is 17.4. The Bertz CT molecular complexity index is 1010. The van der Waals surface area contributed by atoms with E-state index >= 15 is 0 Å². The predicted molar refractivity (Wildman–Crippen MR) is 114 cm³/mol. The highest BCUT2D eigenvalue weighted by molar-refractivity contribution is 7.92. The molecule has 0 aliphatic carbocycles. The standard InChI is InChI=1S/C21H26FN3O4S/c1-15-8-10-17(11-9-15)13-24(16(2)21(27)23-3)20(26)14-25(30(4,28)29)19-7-5-6-18(22)12-19/h5-12,16H,13-14H2,1-4H3,(H,23,27). The van der Waals surface area contributed by atoms with Gasteiger partial charge in [0, 0.05) is 13.6 Å². The van der Waals surface area contributed by atoms with Gasteiger partial charge in [-0.15, -0.1) is 0 Å². The Morgan fingerprint density at radius 2 is 1.77 bits per heavy atom. The third-order valence-corrected chi connectivity index (χ3v) is 5.80. The number of likely N-dealkylation sites (N-methyl/N-ethyl adjacent to an activating group) is 1. The highest BCUT2D eigenvalue weighted by Crippen LogP contribution is 2.20. The van der Waals surface area contributed by atoms with Gasteiger partial charge in [0.25, 0.3) is 0 Å². The summed E-state index contributed by atoms with van der Waals surface area (Å²) < 4.78 is 39.1. The number of sulfonamides is 1. The third kappa shape index (κ3) is 6.03. The molecule has 2 rings (SSSR count). The van der Waals surface area contributed by atoms with Crippen LogP contribution in [0.25, 0.3) is 0 Å². The van der Waals surface area contributed by atoms with Gasteiger partial charge in [0.05, 0.1) is 11.9 Å². The molecule has 2 aromatic carbocycles. The van der Waals surface area contributed by atoms with E-state index in [1.54, 1.807) is 6.92 Å². The number of carbonyl (C=O) groups is 2. The molecule has 9 heteroatoms. The second-order valence-electron chi connectivity index (χ2n) is 7.05. The summed E-state index contributed by atoms with van der Waals surface area (Å²) in [7, 11) is -2.41. The van der Waals surface area contributed by atoms with Crippen LogP contribution in [0, 0.1) is 12.7 Å². The van der Waals surface area contributed by atoms with Crippen LogP contribution in [0.2, 0.25) is 0 Å². The number of hydrogen-bond donors (Lipinski definition) is 1. The molecule has 0 saturated heterocycles. The molecule has 0 fully saturated rings. The lowest BCUT2D eigenvalue weighted by Crippen LogP contribution is -2.50. The lowest BCUT2D eigenvalue weighted by molar-refractivity contribution is -0.139. The van der Waals surface area contributed by atoms with Crippen LogP contribution in [-0.4, -0.2) is 51.0 Å². The van der Waals surface area contributed by atoms with Gasteiger partial charge in [-0.2, -0.15) is 0 Å². The first-order valence-electron chi connectivity index (χ1n) is 9.33. The molecule has 0 bridgehead atoms. The smallest absolute Gasteiger partial charge is 0.244 e. The average Bonchev–Trinajstić information content (AvgIpc) is 2.69. The Balaban J connectivity index is 2.36. The minimum Gasteiger partial charge on any atom is -0.357 e. The fourth-order valence-corrected chi connectivity index (χ4v) is 3.77. The van der Waals surface area contributed by atoms with E-state index < -0.39 is 34.3 Å². The van der Waals surface area contributed by atoms with Gasteiger partial charge >= 0.3 is 0 Å². The minimum atomic E-state index is -3.87. The Kier molecular flexibility index (Phi) is 7.55. The molecule has 1 unspecified atom stereocenters. The molecular weight excluding hydrogens is 409 g/mol. The van der Waals surface area contributed by atoms with Crippen LogP contribution in [0.4, 0.5) is 10.1 Å². The van der Waals surface area contributed by atoms with Gasteiger partial charge in [-0.25, -0.2) is 12.8 Å². The summed E-state index contributed by atoms with van der Waals surface area (Å²) in [5.74, 6) is -1.59. The van der Waals surface area contributed by atoms with E-state index in [2.05, 4.69) is 5.32 Å². The number of anilines is 1. The number of rotatable bonds is 8. The van der Waals surface area contributed by atoms with Crippen LogP contribution in [-0.2, 0) is 26.2 Å². The summed E-state index contributed by atoms with van der Waals surface area (Å²) in [5.41, 5.74) is 1.88. The highest BCUT2D eigenvalue weighted by atomic mass is 32.2. The van der Waals surface area contributed by atoms with Crippen LogP contribution in [0.3, 0.4) is 0 Å². The number of carbonyl (C=O) groups excluding carboxylic acids is 2. The topological polar surface area (TPSA) is 86.8 Å². The van der Waals surface area contributed by atoms with E-state index in [1.807, 2.05) is 31.2 Å². The molecule has 0 saturated carbocycles. The first-order valence-corrected chi connectivity index (χ1v) is 11.2. The number of amides is 2. The van der Waals surface area contributed by atoms with Crippen molar-refractivity contribution < 1.29 is 22.4 Å². The average molecular weight is 436 g/mol. The van der Waals surface area contributed by atoms with E-state index in [0.29, 0.717) is 0 Å². The minimum absolute atomic E-state index is 0.0359. The van der Waals surface area contributed by atoms with Gasteiger partial charge < -0.3 is 10.2 Å². The van der Waals surface area contributed by atoms with Crippen molar-refractivity contribution in [1.29, 1.82) is 0 Å². The molecule has 2 amide bonds. The Labute approximate surface area is 176 Å². The maximum atomic E-state index is 13.6. The summed E-state index contributed by atoms with van der Waals surface area (Å²) in [5, 5.41) is 2.50. The summed E-state index contributed by atoms with van der Waals surface area (Å²) in [4.78, 5) is 26.7. The summed E-state index contributed by atoms with van der Waals surface area (Å²) >= 11 is 0. The first-order chi connectivity index (χ1) is 14.0. The molecule has 30 heavy (non-hydrogen) atoms. The van der Waals surface area contributed by atoms with E-state index in [4.69, 9.17) is 0 Å². The molecule has 1 N–H and O–H groups in total. The Morgan fingerprint density at radius 3 is 2.30 bits per heavy atom. The van der Waals surface area contributed by atoms with Crippen molar-refractivity contribution in [2.24, 2.45) is 0 Å². The molecule has 0 spiro atoms. The SMILES string of the molecule is CNC(=O)C(C)N(Cc1ccc(C)cc1)C(=O)CN(c1cccc(F)c1)S(C)(=O)=O. The molecule has 0 radical (unpaired) electrons. The second kappa shape index (κ2) is 9.71. The zero-order chi connectivity index (χ0) is 22.5. The van der Waals surface area contributed by atoms with Gasteiger partial charge in [-0.3, -0.25) is 13.9 Å². The van der Waals surface area contributed by atoms with Gasteiger partial charge in [-0.05, 0) is 37.6 Å². The van der Waals surface area contributed by atoms with Gasteiger partial charge in [0.15, 0.2) is 0 Å². The quantitative estimate of drug-likeness (QED) is 0.688. The second-order valence-corrected chi connectivity index (χ2v) is 8.95. The van der Waals surface area contributed by atoms with Crippen molar-refractivity contribution in [2.45, 2.75) is 26.4 Å². The van der Waals surface area contributed by atoms with Gasteiger partial charge in [-0.1, -0.05) is 35.9 Å². The molecule has 7 nitrogen and oxygen atoms in total. The van der Waals surface area contributed by atoms with Crippen molar-refractivity contribution in [2.75, 3.05) is 24.2 Å². The van der Waals surface area contributed by atoms with E-state index in [0.717, 1.165) is 27.8 Å². The maximum Gasteiger partial charge on any atom is 0.244 e. The lowest BCUT2D eigenvalue weighted by Gasteiger charge is -2.31. The van der Waals surface area contributed by atoms with E-state index in [9.17, 15) is 22.4 Å². The van der Waals surface area contributed by atoms with Crippen LogP contribution in [0.15, 0.2) is 48.5 Å². The number of halogens is 1. The van der Waals surface area contributed by atoms with Crippen LogP contribution in [0.5, 0.6) is 0 Å². The molecule has 0 heterocycles. The van der Waals surface area contributed by atoms with Crippen LogP contribution in [0.1, 0.15) is 18.1 Å². The van der Waals surface area contributed by atoms with Crippen molar-refractivity contribution >= 4 is 27.5 Å². The summed E-state index contributed by atoms with van der Waals surface area (Å²) in [6.07, 6.45) is 0.942. The Morgan fingerprint density at radius 1 is 1.13 bits per heavy atom. The van der Waals surface area contributed by atoms with Crippen molar-refractivity contribution in [3.63, 3.8) is 0 Å². The van der Waals surface area contributed by atoms with E-state index in [-0.39, 0.29) is 18.1 Å². The Hall–Kier alpha value is -2.94. The summed E-state index contributed by atoms with van der Waals surface area (Å²) in [6.45, 7) is 3.06. The number of benzene rings is 2. The van der Waals surface area contributed by atoms with E-state index in [1.165, 1.54) is 30.1 Å². The monoisotopic (exact) mass is 435 g/mol. The van der Waals surface area contributed by atoms with Gasteiger partial charge in [0.1, 0.15) is 18.4 Å².